The van der Waals surface area contributed by atoms with Crippen LogP contribution >= 0.6 is 0 Å². The van der Waals surface area contributed by atoms with Crippen LogP contribution in [0, 0.1) is 6.92 Å². The Kier molecular flexibility index (Phi) is 3.27. The molecule has 0 unspecified atom stereocenters. The van der Waals surface area contributed by atoms with Crippen molar-refractivity contribution in [2.75, 3.05) is 5.73 Å². The molecule has 4 nitrogen and oxygen atoms in total. The van der Waals surface area contributed by atoms with Crippen LogP contribution in [-0.4, -0.2) is 9.78 Å². The van der Waals surface area contributed by atoms with Crippen LogP contribution in [0.1, 0.15) is 32.0 Å². The van der Waals surface area contributed by atoms with E-state index < -0.39 is 0 Å². The van der Waals surface area contributed by atoms with Crippen LogP contribution in [0.2, 0.25) is 0 Å². The average Bonchev–Trinajstić information content (AvgIpc) is 2.55. The summed E-state index contributed by atoms with van der Waals surface area (Å²) in [5.74, 6) is 1.37. The van der Waals surface area contributed by atoms with E-state index in [0.29, 0.717) is 11.6 Å². The summed E-state index contributed by atoms with van der Waals surface area (Å²) in [4.78, 5) is 0. The maximum atomic E-state index is 5.97. The third-order valence-corrected chi connectivity index (χ3v) is 3.13. The van der Waals surface area contributed by atoms with E-state index in [9.17, 15) is 0 Å². The number of nitrogens with two attached hydrogens (primary N) is 1. The van der Waals surface area contributed by atoms with E-state index in [1.165, 1.54) is 5.56 Å². The van der Waals surface area contributed by atoms with Gasteiger partial charge < -0.3 is 10.5 Å². The number of aryl methyl sites for hydroxylation is 2. The number of benzene rings is 1. The highest BCUT2D eigenvalue weighted by atomic mass is 16.5. The molecule has 0 amide bonds. The van der Waals surface area contributed by atoms with Gasteiger partial charge in [-0.15, -0.1) is 0 Å². The molecule has 2 rings (SSSR count). The predicted molar refractivity (Wildman–Crippen MR) is 77.6 cm³/mol. The first-order valence-corrected chi connectivity index (χ1v) is 6.36. The first kappa shape index (κ1) is 13.5. The Morgan fingerprint density at radius 1 is 1.26 bits per heavy atom. The fraction of sp³-hybridized carbons (Fsp3) is 0.400. The maximum absolute atomic E-state index is 5.97. The molecular formula is C15H21N3O. The first-order valence-electron chi connectivity index (χ1n) is 6.36. The molecule has 0 saturated carbocycles. The van der Waals surface area contributed by atoms with Crippen LogP contribution in [0.5, 0.6) is 11.6 Å². The lowest BCUT2D eigenvalue weighted by Gasteiger charge is -2.19. The van der Waals surface area contributed by atoms with Crippen molar-refractivity contribution in [2.24, 2.45) is 7.05 Å². The minimum absolute atomic E-state index is 0.0906. The summed E-state index contributed by atoms with van der Waals surface area (Å²) < 4.78 is 7.53. The van der Waals surface area contributed by atoms with Crippen molar-refractivity contribution < 1.29 is 4.74 Å². The van der Waals surface area contributed by atoms with Gasteiger partial charge in [-0.05, 0) is 30.0 Å². The Balaban J connectivity index is 2.34. The highest BCUT2D eigenvalue weighted by molar-refractivity contribution is 5.54. The fourth-order valence-electron chi connectivity index (χ4n) is 1.91. The van der Waals surface area contributed by atoms with E-state index in [1.54, 1.807) is 4.68 Å². The molecule has 0 aliphatic carbocycles. The molecule has 1 aromatic heterocycles. The van der Waals surface area contributed by atoms with Crippen molar-refractivity contribution in [1.82, 2.24) is 9.78 Å². The van der Waals surface area contributed by atoms with Crippen molar-refractivity contribution in [3.8, 4) is 11.6 Å². The van der Waals surface area contributed by atoms with E-state index in [1.807, 2.05) is 32.2 Å². The maximum Gasteiger partial charge on any atom is 0.241 e. The average molecular weight is 259 g/mol. The summed E-state index contributed by atoms with van der Waals surface area (Å²) in [7, 11) is 1.83. The zero-order chi connectivity index (χ0) is 14.2. The van der Waals surface area contributed by atoms with Crippen molar-refractivity contribution in [1.29, 1.82) is 0 Å². The molecule has 0 saturated heterocycles. The first-order chi connectivity index (χ1) is 8.79. The van der Waals surface area contributed by atoms with Crippen molar-refractivity contribution in [3.05, 3.63) is 35.5 Å². The molecule has 19 heavy (non-hydrogen) atoms. The van der Waals surface area contributed by atoms with Gasteiger partial charge in [0.05, 0.1) is 5.69 Å². The summed E-state index contributed by atoms with van der Waals surface area (Å²) in [6.45, 7) is 8.39. The van der Waals surface area contributed by atoms with E-state index in [2.05, 4.69) is 31.9 Å². The standard InChI is InChI=1S/C15H21N3O/c1-10-13(16)14(18(5)17-10)19-12-8-6-7-11(9-12)15(2,3)4/h6-9H,16H2,1-5H3. The third kappa shape index (κ3) is 2.72. The lowest BCUT2D eigenvalue weighted by atomic mass is 9.87. The highest BCUT2D eigenvalue weighted by Gasteiger charge is 2.16. The number of aromatic nitrogens is 2. The van der Waals surface area contributed by atoms with Gasteiger partial charge in [0, 0.05) is 7.05 Å². The summed E-state index contributed by atoms with van der Waals surface area (Å²) >= 11 is 0. The fourth-order valence-corrected chi connectivity index (χ4v) is 1.91. The Morgan fingerprint density at radius 2 is 1.95 bits per heavy atom. The van der Waals surface area contributed by atoms with Crippen LogP contribution in [0.25, 0.3) is 0 Å². The van der Waals surface area contributed by atoms with Gasteiger partial charge >= 0.3 is 0 Å². The molecule has 2 aromatic rings. The van der Waals surface area contributed by atoms with Gasteiger partial charge in [-0.2, -0.15) is 5.10 Å². The van der Waals surface area contributed by atoms with Gasteiger partial charge in [-0.1, -0.05) is 32.9 Å². The van der Waals surface area contributed by atoms with Gasteiger partial charge in [0.1, 0.15) is 11.4 Å². The molecule has 1 aromatic carbocycles. The summed E-state index contributed by atoms with van der Waals surface area (Å²) in [5, 5.41) is 4.24. The van der Waals surface area contributed by atoms with Crippen LogP contribution < -0.4 is 10.5 Å². The molecular weight excluding hydrogens is 238 g/mol. The quantitative estimate of drug-likeness (QED) is 0.899. The molecule has 102 valence electrons. The Hall–Kier alpha value is -1.97. The van der Waals surface area contributed by atoms with Crippen LogP contribution in [-0.2, 0) is 12.5 Å². The second kappa shape index (κ2) is 4.61. The van der Waals surface area contributed by atoms with E-state index in [0.717, 1.165) is 11.4 Å². The Bertz CT molecular complexity index is 594. The summed E-state index contributed by atoms with van der Waals surface area (Å²) in [6, 6.07) is 8.07. The van der Waals surface area contributed by atoms with Crippen LogP contribution in [0.3, 0.4) is 0 Å². The lowest BCUT2D eigenvalue weighted by molar-refractivity contribution is 0.430. The van der Waals surface area contributed by atoms with Crippen LogP contribution in [0.15, 0.2) is 24.3 Å². The zero-order valence-electron chi connectivity index (χ0n) is 12.2. The second-order valence-corrected chi connectivity index (χ2v) is 5.81. The summed E-state index contributed by atoms with van der Waals surface area (Å²) in [6.07, 6.45) is 0. The van der Waals surface area contributed by atoms with Gasteiger partial charge in [-0.25, -0.2) is 4.68 Å². The molecule has 0 radical (unpaired) electrons. The third-order valence-electron chi connectivity index (χ3n) is 3.13. The normalized spacial score (nSPS) is 11.6. The number of hydrogen-bond acceptors (Lipinski definition) is 3. The van der Waals surface area contributed by atoms with Gasteiger partial charge in [0.25, 0.3) is 0 Å². The smallest absolute Gasteiger partial charge is 0.241 e. The van der Waals surface area contributed by atoms with E-state index in [4.69, 9.17) is 10.5 Å². The van der Waals surface area contributed by atoms with Gasteiger partial charge in [0.15, 0.2) is 0 Å². The highest BCUT2D eigenvalue weighted by Crippen LogP contribution is 2.31. The predicted octanol–water partition coefficient (Wildman–Crippen LogP) is 3.40. The Morgan fingerprint density at radius 3 is 2.47 bits per heavy atom. The molecule has 2 N–H and O–H groups in total. The Labute approximate surface area is 114 Å². The number of nitrogen functional groups attached to an aromatic ring is 1. The second-order valence-electron chi connectivity index (χ2n) is 5.81. The minimum Gasteiger partial charge on any atom is -0.437 e. The number of nitrogens with zero attached hydrogens (tertiary/aromatic N) is 2. The molecule has 0 aliphatic rings. The van der Waals surface area contributed by atoms with E-state index >= 15 is 0 Å². The monoisotopic (exact) mass is 259 g/mol. The van der Waals surface area contributed by atoms with Crippen LogP contribution in [0.4, 0.5) is 5.69 Å². The number of rotatable bonds is 2. The van der Waals surface area contributed by atoms with Crippen molar-refractivity contribution in [2.45, 2.75) is 33.1 Å². The van der Waals surface area contributed by atoms with Gasteiger partial charge in [-0.3, -0.25) is 0 Å². The lowest BCUT2D eigenvalue weighted by Crippen LogP contribution is -2.10. The summed E-state index contributed by atoms with van der Waals surface area (Å²) in [5.41, 5.74) is 8.65. The molecule has 0 spiro atoms. The number of hydrogen-bond donors (Lipinski definition) is 1. The van der Waals surface area contributed by atoms with E-state index in [-0.39, 0.29) is 5.41 Å². The van der Waals surface area contributed by atoms with Crippen molar-refractivity contribution >= 4 is 5.69 Å². The van der Waals surface area contributed by atoms with Crippen molar-refractivity contribution in [3.63, 3.8) is 0 Å². The van der Waals surface area contributed by atoms with Gasteiger partial charge in [0.2, 0.25) is 5.88 Å². The molecule has 0 atom stereocenters. The largest absolute Gasteiger partial charge is 0.437 e. The zero-order valence-corrected chi connectivity index (χ0v) is 12.2. The molecule has 1 heterocycles. The molecule has 4 heteroatoms. The molecule has 0 aliphatic heterocycles. The topological polar surface area (TPSA) is 53.1 Å². The number of ether oxygens (including phenoxy) is 1. The number of anilines is 1. The molecule has 0 fully saturated rings. The SMILES string of the molecule is Cc1nn(C)c(Oc2cccc(C(C)(C)C)c2)c1N. The molecule has 0 bridgehead atoms. The minimum atomic E-state index is 0.0906.